The van der Waals surface area contributed by atoms with E-state index in [0.29, 0.717) is 23.4 Å². The SMILES string of the molecule is COc1ccc(C(CN)N2CCN(C)CC2C)cc1Cl. The van der Waals surface area contributed by atoms with Gasteiger partial charge in [0.2, 0.25) is 0 Å². The summed E-state index contributed by atoms with van der Waals surface area (Å²) in [5.74, 6) is 0.706. The topological polar surface area (TPSA) is 41.7 Å². The van der Waals surface area contributed by atoms with Crippen LogP contribution in [0.3, 0.4) is 0 Å². The Bertz CT molecular complexity index is 455. The average molecular weight is 298 g/mol. The molecule has 1 aromatic carbocycles. The summed E-state index contributed by atoms with van der Waals surface area (Å²) in [6.07, 6.45) is 0. The maximum absolute atomic E-state index is 6.24. The maximum atomic E-state index is 6.24. The molecule has 20 heavy (non-hydrogen) atoms. The summed E-state index contributed by atoms with van der Waals surface area (Å²) >= 11 is 6.24. The molecule has 5 heteroatoms. The number of benzene rings is 1. The second-order valence-electron chi connectivity index (χ2n) is 5.49. The lowest BCUT2D eigenvalue weighted by molar-refractivity contribution is 0.0635. The fraction of sp³-hybridized carbons (Fsp3) is 0.600. The van der Waals surface area contributed by atoms with Gasteiger partial charge in [-0.05, 0) is 31.7 Å². The third kappa shape index (κ3) is 3.26. The first-order valence-electron chi connectivity index (χ1n) is 7.04. The zero-order valence-corrected chi connectivity index (χ0v) is 13.2. The van der Waals surface area contributed by atoms with Crippen molar-refractivity contribution < 1.29 is 4.74 Å². The average Bonchev–Trinajstić information content (AvgIpc) is 2.42. The van der Waals surface area contributed by atoms with Crippen LogP contribution in [0.1, 0.15) is 18.5 Å². The number of nitrogens with two attached hydrogens (primary N) is 1. The number of hydrogen-bond acceptors (Lipinski definition) is 4. The fourth-order valence-corrected chi connectivity index (χ4v) is 3.24. The van der Waals surface area contributed by atoms with Crippen LogP contribution in [0.2, 0.25) is 5.02 Å². The Kier molecular flexibility index (Phi) is 5.27. The number of piperazine rings is 1. The van der Waals surface area contributed by atoms with Crippen molar-refractivity contribution >= 4 is 11.6 Å². The van der Waals surface area contributed by atoms with Gasteiger partial charge in [-0.15, -0.1) is 0 Å². The lowest BCUT2D eigenvalue weighted by atomic mass is 10.0. The lowest BCUT2D eigenvalue weighted by Crippen LogP contribution is -2.52. The van der Waals surface area contributed by atoms with E-state index in [9.17, 15) is 0 Å². The Morgan fingerprint density at radius 3 is 2.75 bits per heavy atom. The highest BCUT2D eigenvalue weighted by atomic mass is 35.5. The van der Waals surface area contributed by atoms with Gasteiger partial charge in [0.25, 0.3) is 0 Å². The van der Waals surface area contributed by atoms with E-state index in [0.717, 1.165) is 25.2 Å². The summed E-state index contributed by atoms with van der Waals surface area (Å²) in [7, 11) is 3.79. The van der Waals surface area contributed by atoms with Crippen molar-refractivity contribution in [1.29, 1.82) is 0 Å². The van der Waals surface area contributed by atoms with Gasteiger partial charge in [0.1, 0.15) is 5.75 Å². The van der Waals surface area contributed by atoms with Gasteiger partial charge in [0.15, 0.2) is 0 Å². The minimum Gasteiger partial charge on any atom is -0.495 e. The molecule has 1 heterocycles. The zero-order chi connectivity index (χ0) is 14.7. The molecule has 0 aromatic heterocycles. The van der Waals surface area contributed by atoms with E-state index >= 15 is 0 Å². The molecule has 1 aliphatic rings. The largest absolute Gasteiger partial charge is 0.495 e. The number of ether oxygens (including phenoxy) is 1. The number of nitrogens with zero attached hydrogens (tertiary/aromatic N) is 2. The number of hydrogen-bond donors (Lipinski definition) is 1. The first-order chi connectivity index (χ1) is 9.56. The second-order valence-corrected chi connectivity index (χ2v) is 5.90. The van der Waals surface area contributed by atoms with E-state index in [1.165, 1.54) is 0 Å². The van der Waals surface area contributed by atoms with Crippen LogP contribution in [-0.4, -0.2) is 56.2 Å². The summed E-state index contributed by atoms with van der Waals surface area (Å²) in [5, 5.41) is 0.644. The van der Waals surface area contributed by atoms with Crippen molar-refractivity contribution in [1.82, 2.24) is 9.80 Å². The van der Waals surface area contributed by atoms with Gasteiger partial charge in [-0.25, -0.2) is 0 Å². The van der Waals surface area contributed by atoms with Gasteiger partial charge < -0.3 is 15.4 Å². The Hall–Kier alpha value is -0.810. The summed E-state index contributed by atoms with van der Waals surface area (Å²) in [6, 6.07) is 6.65. The molecule has 0 aliphatic carbocycles. The fourth-order valence-electron chi connectivity index (χ4n) is 2.97. The van der Waals surface area contributed by atoms with Gasteiger partial charge in [-0.3, -0.25) is 4.90 Å². The first kappa shape index (κ1) is 15.6. The number of likely N-dealkylation sites (N-methyl/N-ethyl adjacent to an activating group) is 1. The molecule has 2 atom stereocenters. The van der Waals surface area contributed by atoms with Crippen LogP contribution in [0.5, 0.6) is 5.75 Å². The zero-order valence-electron chi connectivity index (χ0n) is 12.5. The molecule has 1 fully saturated rings. The number of rotatable bonds is 4. The van der Waals surface area contributed by atoms with Crippen LogP contribution in [0.4, 0.5) is 0 Å². The lowest BCUT2D eigenvalue weighted by Gasteiger charge is -2.42. The van der Waals surface area contributed by atoms with Crippen LogP contribution in [0.25, 0.3) is 0 Å². The molecule has 0 saturated carbocycles. The minimum atomic E-state index is 0.210. The van der Waals surface area contributed by atoms with E-state index in [-0.39, 0.29) is 6.04 Å². The maximum Gasteiger partial charge on any atom is 0.137 e. The van der Waals surface area contributed by atoms with Crippen LogP contribution < -0.4 is 10.5 Å². The van der Waals surface area contributed by atoms with Gasteiger partial charge in [-0.2, -0.15) is 0 Å². The van der Waals surface area contributed by atoms with Crippen LogP contribution >= 0.6 is 11.6 Å². The highest BCUT2D eigenvalue weighted by Crippen LogP contribution is 2.31. The van der Waals surface area contributed by atoms with Crippen LogP contribution in [0.15, 0.2) is 18.2 Å². The molecule has 4 nitrogen and oxygen atoms in total. The molecule has 1 aromatic rings. The Morgan fingerprint density at radius 1 is 1.45 bits per heavy atom. The minimum absolute atomic E-state index is 0.210. The first-order valence-corrected chi connectivity index (χ1v) is 7.42. The monoisotopic (exact) mass is 297 g/mol. The number of halogens is 1. The molecule has 2 N–H and O–H groups in total. The predicted octanol–water partition coefficient (Wildman–Crippen LogP) is 1.98. The van der Waals surface area contributed by atoms with Gasteiger partial charge >= 0.3 is 0 Å². The summed E-state index contributed by atoms with van der Waals surface area (Å²) in [5.41, 5.74) is 7.19. The van der Waals surface area contributed by atoms with E-state index in [1.54, 1.807) is 7.11 Å². The van der Waals surface area contributed by atoms with Crippen molar-refractivity contribution in [2.24, 2.45) is 5.73 Å². The standard InChI is InChI=1S/C15H24ClN3O/c1-11-10-18(2)6-7-19(11)14(9-17)12-4-5-15(20-3)13(16)8-12/h4-5,8,11,14H,6-7,9-10,17H2,1-3H3. The summed E-state index contributed by atoms with van der Waals surface area (Å²) in [4.78, 5) is 4.83. The molecule has 2 rings (SSSR count). The van der Waals surface area contributed by atoms with Crippen molar-refractivity contribution in [2.75, 3.05) is 40.3 Å². The van der Waals surface area contributed by atoms with E-state index in [1.807, 2.05) is 12.1 Å². The highest BCUT2D eigenvalue weighted by Gasteiger charge is 2.28. The third-order valence-corrected chi connectivity index (χ3v) is 4.36. The molecule has 1 aliphatic heterocycles. The van der Waals surface area contributed by atoms with Gasteiger partial charge in [0, 0.05) is 38.3 Å². The predicted molar refractivity (Wildman–Crippen MR) is 83.5 cm³/mol. The second kappa shape index (κ2) is 6.76. The van der Waals surface area contributed by atoms with E-state index in [2.05, 4.69) is 29.8 Å². The number of methoxy groups -OCH3 is 1. The van der Waals surface area contributed by atoms with Crippen molar-refractivity contribution in [3.05, 3.63) is 28.8 Å². The smallest absolute Gasteiger partial charge is 0.137 e. The van der Waals surface area contributed by atoms with Gasteiger partial charge in [0.05, 0.1) is 12.1 Å². The Labute approximate surface area is 126 Å². The molecule has 0 amide bonds. The van der Waals surface area contributed by atoms with Gasteiger partial charge in [-0.1, -0.05) is 17.7 Å². The quantitative estimate of drug-likeness (QED) is 0.923. The van der Waals surface area contributed by atoms with E-state index < -0.39 is 0 Å². The summed E-state index contributed by atoms with van der Waals surface area (Å²) in [6.45, 7) is 6.02. The molecular formula is C15H24ClN3O. The Morgan fingerprint density at radius 2 is 2.20 bits per heavy atom. The molecular weight excluding hydrogens is 274 g/mol. The van der Waals surface area contributed by atoms with Crippen molar-refractivity contribution in [2.45, 2.75) is 19.0 Å². The van der Waals surface area contributed by atoms with Crippen LogP contribution in [0, 0.1) is 0 Å². The third-order valence-electron chi connectivity index (χ3n) is 4.07. The molecule has 0 spiro atoms. The highest BCUT2D eigenvalue weighted by molar-refractivity contribution is 6.32. The van der Waals surface area contributed by atoms with Crippen LogP contribution in [-0.2, 0) is 0 Å². The summed E-state index contributed by atoms with van der Waals surface area (Å²) < 4.78 is 5.21. The van der Waals surface area contributed by atoms with Crippen molar-refractivity contribution in [3.8, 4) is 5.75 Å². The normalized spacial score (nSPS) is 22.8. The Balaban J connectivity index is 2.21. The van der Waals surface area contributed by atoms with Crippen molar-refractivity contribution in [3.63, 3.8) is 0 Å². The molecule has 1 saturated heterocycles. The molecule has 2 unspecified atom stereocenters. The molecule has 112 valence electrons. The van der Waals surface area contributed by atoms with E-state index in [4.69, 9.17) is 22.1 Å². The molecule has 0 radical (unpaired) electrons. The molecule has 0 bridgehead atoms.